The summed E-state index contributed by atoms with van der Waals surface area (Å²) in [5.74, 6) is -0.0202. The third-order valence-electron chi connectivity index (χ3n) is 4.41. The highest BCUT2D eigenvalue weighted by Gasteiger charge is 2.08. The number of carbonyl (C=O) groups is 1. The van der Waals surface area contributed by atoms with Crippen LogP contribution in [0.1, 0.15) is 73.9 Å². The summed E-state index contributed by atoms with van der Waals surface area (Å²) >= 11 is 0. The molecule has 2 aromatic rings. The fraction of sp³-hybridized carbons (Fsp3) is 0.375. The largest absolute Gasteiger partial charge is 0.423 e. The standard InChI is InChI=1S/C24H29FO2/c1-3-5-6-7-9-19-12-16-23(17-13-19)27-24(26)21-14-10-20(11-15-21)18-22(25)8-4-2/h10-18H,3-9H2,1-2H3/b22-18+. The SMILES string of the molecule is CCCCCCc1ccc(OC(=O)c2ccc(/C=C(/F)CCC)cc2)cc1. The third-order valence-corrected chi connectivity index (χ3v) is 4.41. The minimum Gasteiger partial charge on any atom is -0.423 e. The van der Waals surface area contributed by atoms with Gasteiger partial charge in [0, 0.05) is 0 Å². The normalized spacial score (nSPS) is 11.4. The summed E-state index contributed by atoms with van der Waals surface area (Å²) in [6.07, 6.45) is 8.70. The van der Waals surface area contributed by atoms with E-state index < -0.39 is 5.97 Å². The second kappa shape index (κ2) is 11.3. The molecule has 0 heterocycles. The molecule has 0 amide bonds. The predicted molar refractivity (Wildman–Crippen MR) is 110 cm³/mol. The topological polar surface area (TPSA) is 26.3 Å². The maximum Gasteiger partial charge on any atom is 0.343 e. The summed E-state index contributed by atoms with van der Waals surface area (Å²) in [5, 5.41) is 0. The maximum atomic E-state index is 13.6. The van der Waals surface area contributed by atoms with E-state index >= 15 is 0 Å². The Balaban J connectivity index is 1.90. The number of allylic oxidation sites excluding steroid dienone is 1. The van der Waals surface area contributed by atoms with E-state index in [0.29, 0.717) is 17.7 Å². The summed E-state index contributed by atoms with van der Waals surface area (Å²) in [4.78, 5) is 12.3. The van der Waals surface area contributed by atoms with Gasteiger partial charge in [-0.05, 0) is 67.2 Å². The summed E-state index contributed by atoms with van der Waals surface area (Å²) in [6.45, 7) is 4.14. The van der Waals surface area contributed by atoms with Gasteiger partial charge in [-0.15, -0.1) is 0 Å². The van der Waals surface area contributed by atoms with Gasteiger partial charge in [0.05, 0.1) is 5.56 Å². The van der Waals surface area contributed by atoms with Gasteiger partial charge in [0.25, 0.3) is 0 Å². The van der Waals surface area contributed by atoms with E-state index in [0.717, 1.165) is 18.4 Å². The van der Waals surface area contributed by atoms with Gasteiger partial charge in [-0.3, -0.25) is 0 Å². The van der Waals surface area contributed by atoms with Gasteiger partial charge in [0.2, 0.25) is 0 Å². The van der Waals surface area contributed by atoms with Crippen LogP contribution in [0.4, 0.5) is 4.39 Å². The van der Waals surface area contributed by atoms with Crippen molar-refractivity contribution in [2.24, 2.45) is 0 Å². The van der Waals surface area contributed by atoms with Crippen LogP contribution < -0.4 is 4.74 Å². The van der Waals surface area contributed by atoms with Crippen molar-refractivity contribution in [3.63, 3.8) is 0 Å². The number of rotatable bonds is 10. The molecule has 0 fully saturated rings. The average molecular weight is 368 g/mol. The van der Waals surface area contributed by atoms with Crippen molar-refractivity contribution < 1.29 is 13.9 Å². The van der Waals surface area contributed by atoms with E-state index in [9.17, 15) is 9.18 Å². The molecule has 0 aliphatic heterocycles. The average Bonchev–Trinajstić information content (AvgIpc) is 2.67. The number of aryl methyl sites for hydroxylation is 1. The van der Waals surface area contributed by atoms with Gasteiger partial charge in [0.1, 0.15) is 11.6 Å². The number of esters is 1. The summed E-state index contributed by atoms with van der Waals surface area (Å²) in [7, 11) is 0. The number of carbonyl (C=O) groups excluding carboxylic acids is 1. The lowest BCUT2D eigenvalue weighted by atomic mass is 10.1. The Morgan fingerprint density at radius 1 is 0.926 bits per heavy atom. The molecule has 0 N–H and O–H groups in total. The number of halogens is 1. The van der Waals surface area contributed by atoms with Crippen LogP contribution in [0, 0.1) is 0 Å². The number of benzene rings is 2. The minimum atomic E-state index is -0.407. The Hall–Kier alpha value is -2.42. The Bertz CT molecular complexity index is 730. The van der Waals surface area contributed by atoms with Crippen molar-refractivity contribution in [1.29, 1.82) is 0 Å². The maximum absolute atomic E-state index is 13.6. The molecule has 3 heteroatoms. The van der Waals surface area contributed by atoms with Crippen molar-refractivity contribution >= 4 is 12.0 Å². The third kappa shape index (κ3) is 7.38. The number of hydrogen-bond acceptors (Lipinski definition) is 2. The van der Waals surface area contributed by atoms with Crippen LogP contribution in [0.5, 0.6) is 5.75 Å². The first-order valence-electron chi connectivity index (χ1n) is 9.89. The molecule has 2 aromatic carbocycles. The Morgan fingerprint density at radius 2 is 1.63 bits per heavy atom. The van der Waals surface area contributed by atoms with Gasteiger partial charge in [-0.25, -0.2) is 9.18 Å². The highest BCUT2D eigenvalue weighted by molar-refractivity contribution is 5.91. The number of ether oxygens (including phenoxy) is 1. The minimum absolute atomic E-state index is 0.150. The predicted octanol–water partition coefficient (Wildman–Crippen LogP) is 7.14. The summed E-state index contributed by atoms with van der Waals surface area (Å²) < 4.78 is 19.0. The van der Waals surface area contributed by atoms with Crippen LogP contribution in [-0.2, 0) is 6.42 Å². The Kier molecular flexibility index (Phi) is 8.76. The fourth-order valence-corrected chi connectivity index (χ4v) is 2.85. The van der Waals surface area contributed by atoms with Gasteiger partial charge in [-0.2, -0.15) is 0 Å². The van der Waals surface area contributed by atoms with Crippen LogP contribution in [0.2, 0.25) is 0 Å². The summed E-state index contributed by atoms with van der Waals surface area (Å²) in [6, 6.07) is 14.5. The van der Waals surface area contributed by atoms with Gasteiger partial charge in [-0.1, -0.05) is 57.4 Å². The molecule has 144 valence electrons. The zero-order valence-corrected chi connectivity index (χ0v) is 16.3. The van der Waals surface area contributed by atoms with E-state index in [1.165, 1.54) is 37.3 Å². The monoisotopic (exact) mass is 368 g/mol. The first-order chi connectivity index (χ1) is 13.1. The van der Waals surface area contributed by atoms with E-state index in [1.54, 1.807) is 24.3 Å². The van der Waals surface area contributed by atoms with E-state index in [4.69, 9.17) is 4.74 Å². The van der Waals surface area contributed by atoms with Crippen LogP contribution in [0.25, 0.3) is 6.08 Å². The molecule has 0 aliphatic carbocycles. The fourth-order valence-electron chi connectivity index (χ4n) is 2.85. The molecule has 0 radical (unpaired) electrons. The lowest BCUT2D eigenvalue weighted by molar-refractivity contribution is 0.0734. The number of hydrogen-bond donors (Lipinski definition) is 0. The molecule has 0 saturated carbocycles. The zero-order valence-electron chi connectivity index (χ0n) is 16.3. The highest BCUT2D eigenvalue weighted by atomic mass is 19.1. The quantitative estimate of drug-likeness (QED) is 0.253. The molecule has 0 bridgehead atoms. The van der Waals surface area contributed by atoms with Gasteiger partial charge in [0.15, 0.2) is 0 Å². The van der Waals surface area contributed by atoms with Crippen LogP contribution in [-0.4, -0.2) is 5.97 Å². The van der Waals surface area contributed by atoms with Gasteiger partial charge < -0.3 is 4.74 Å². The molecule has 0 spiro atoms. The van der Waals surface area contributed by atoms with Crippen molar-refractivity contribution in [3.05, 3.63) is 71.0 Å². The van der Waals surface area contributed by atoms with Crippen molar-refractivity contribution in [3.8, 4) is 5.75 Å². The van der Waals surface area contributed by atoms with E-state index in [2.05, 4.69) is 6.92 Å². The molecule has 0 unspecified atom stereocenters. The van der Waals surface area contributed by atoms with Gasteiger partial charge >= 0.3 is 5.97 Å². The molecular weight excluding hydrogens is 339 g/mol. The van der Waals surface area contributed by atoms with Crippen molar-refractivity contribution in [2.45, 2.75) is 58.8 Å². The number of unbranched alkanes of at least 4 members (excludes halogenated alkanes) is 3. The van der Waals surface area contributed by atoms with Crippen molar-refractivity contribution in [1.82, 2.24) is 0 Å². The molecule has 0 saturated heterocycles. The second-order valence-corrected chi connectivity index (χ2v) is 6.81. The van der Waals surface area contributed by atoms with Crippen molar-refractivity contribution in [2.75, 3.05) is 0 Å². The summed E-state index contributed by atoms with van der Waals surface area (Å²) in [5.41, 5.74) is 2.45. The Labute approximate surface area is 162 Å². The zero-order chi connectivity index (χ0) is 19.5. The van der Waals surface area contributed by atoms with E-state index in [-0.39, 0.29) is 5.83 Å². The smallest absolute Gasteiger partial charge is 0.343 e. The molecule has 2 rings (SSSR count). The lowest BCUT2D eigenvalue weighted by Gasteiger charge is -2.06. The van der Waals surface area contributed by atoms with E-state index in [1.807, 2.05) is 31.2 Å². The Morgan fingerprint density at radius 3 is 2.26 bits per heavy atom. The molecule has 0 atom stereocenters. The van der Waals surface area contributed by atoms with Crippen LogP contribution in [0.3, 0.4) is 0 Å². The second-order valence-electron chi connectivity index (χ2n) is 6.81. The van der Waals surface area contributed by atoms with Crippen LogP contribution >= 0.6 is 0 Å². The molecule has 27 heavy (non-hydrogen) atoms. The molecule has 0 aliphatic rings. The molecular formula is C24H29FO2. The molecule has 0 aromatic heterocycles. The lowest BCUT2D eigenvalue weighted by Crippen LogP contribution is -2.08. The highest BCUT2D eigenvalue weighted by Crippen LogP contribution is 2.18. The first kappa shape index (κ1) is 20.9. The first-order valence-corrected chi connectivity index (χ1v) is 9.89. The van der Waals surface area contributed by atoms with Crippen LogP contribution in [0.15, 0.2) is 54.4 Å². The molecule has 2 nitrogen and oxygen atoms in total.